The normalized spacial score (nSPS) is 17.8. The average Bonchev–Trinajstić information content (AvgIpc) is 2.71. The SMILES string of the molecule is CC(C)(C)OC(=O)N1Cc2c(C(N)=O)c(I)nn2C(C=O)C1. The Balaban J connectivity index is 2.37. The van der Waals surface area contributed by atoms with Gasteiger partial charge < -0.3 is 15.3 Å². The quantitative estimate of drug-likeness (QED) is 0.569. The van der Waals surface area contributed by atoms with Crippen LogP contribution >= 0.6 is 22.6 Å². The molecule has 0 saturated heterocycles. The molecule has 2 rings (SSSR count). The fourth-order valence-electron chi connectivity index (χ4n) is 2.22. The lowest BCUT2D eigenvalue weighted by atomic mass is 10.1. The van der Waals surface area contributed by atoms with Crippen molar-refractivity contribution in [1.82, 2.24) is 14.7 Å². The smallest absolute Gasteiger partial charge is 0.410 e. The molecule has 0 radical (unpaired) electrons. The van der Waals surface area contributed by atoms with E-state index in [0.717, 1.165) is 0 Å². The second-order valence-electron chi connectivity index (χ2n) is 5.99. The molecule has 1 aromatic heterocycles. The van der Waals surface area contributed by atoms with Gasteiger partial charge in [0.2, 0.25) is 0 Å². The third-order valence-electron chi connectivity index (χ3n) is 3.08. The molecule has 2 N–H and O–H groups in total. The summed E-state index contributed by atoms with van der Waals surface area (Å²) < 4.78 is 7.18. The number of carbonyl (C=O) groups excluding carboxylic acids is 3. The summed E-state index contributed by atoms with van der Waals surface area (Å²) in [6, 6.07) is -0.669. The van der Waals surface area contributed by atoms with Crippen molar-refractivity contribution >= 4 is 40.9 Å². The number of halogens is 1. The minimum absolute atomic E-state index is 0.119. The number of aldehydes is 1. The van der Waals surface area contributed by atoms with Crippen LogP contribution in [-0.2, 0) is 16.1 Å². The molecule has 22 heavy (non-hydrogen) atoms. The number of aromatic nitrogens is 2. The van der Waals surface area contributed by atoms with Gasteiger partial charge in [0.25, 0.3) is 5.91 Å². The number of hydrogen-bond donors (Lipinski definition) is 1. The van der Waals surface area contributed by atoms with E-state index in [2.05, 4.69) is 5.10 Å². The van der Waals surface area contributed by atoms with Crippen LogP contribution in [0.5, 0.6) is 0 Å². The average molecular weight is 420 g/mol. The van der Waals surface area contributed by atoms with Crippen LogP contribution in [0.15, 0.2) is 0 Å². The van der Waals surface area contributed by atoms with Crippen molar-refractivity contribution in [1.29, 1.82) is 0 Å². The Morgan fingerprint density at radius 2 is 2.09 bits per heavy atom. The van der Waals surface area contributed by atoms with Crippen LogP contribution < -0.4 is 5.73 Å². The van der Waals surface area contributed by atoms with E-state index in [0.29, 0.717) is 15.7 Å². The van der Waals surface area contributed by atoms with Gasteiger partial charge in [-0.1, -0.05) is 0 Å². The van der Waals surface area contributed by atoms with Crippen molar-refractivity contribution < 1.29 is 19.1 Å². The van der Waals surface area contributed by atoms with E-state index in [9.17, 15) is 14.4 Å². The maximum Gasteiger partial charge on any atom is 0.410 e. The van der Waals surface area contributed by atoms with Gasteiger partial charge >= 0.3 is 6.09 Å². The van der Waals surface area contributed by atoms with Crippen molar-refractivity contribution in [2.75, 3.05) is 6.54 Å². The summed E-state index contributed by atoms with van der Waals surface area (Å²) in [4.78, 5) is 36.5. The Labute approximate surface area is 141 Å². The molecule has 0 saturated carbocycles. The lowest BCUT2D eigenvalue weighted by Crippen LogP contribution is -2.44. The first-order valence-electron chi connectivity index (χ1n) is 6.64. The van der Waals surface area contributed by atoms with E-state index in [1.54, 1.807) is 20.8 Å². The Hall–Kier alpha value is -1.65. The van der Waals surface area contributed by atoms with Crippen LogP contribution in [0.4, 0.5) is 4.79 Å². The molecule has 2 heterocycles. The van der Waals surface area contributed by atoms with Gasteiger partial charge in [0.15, 0.2) is 0 Å². The Morgan fingerprint density at radius 3 is 2.59 bits per heavy atom. The van der Waals surface area contributed by atoms with Crippen molar-refractivity contribution in [2.45, 2.75) is 39.0 Å². The highest BCUT2D eigenvalue weighted by Gasteiger charge is 2.35. The van der Waals surface area contributed by atoms with Crippen LogP contribution in [0.25, 0.3) is 0 Å². The van der Waals surface area contributed by atoms with E-state index in [1.165, 1.54) is 9.58 Å². The summed E-state index contributed by atoms with van der Waals surface area (Å²) in [6.07, 6.45) is 0.144. The Kier molecular flexibility index (Phi) is 4.45. The van der Waals surface area contributed by atoms with Crippen molar-refractivity contribution in [3.63, 3.8) is 0 Å². The number of ether oxygens (including phenoxy) is 1. The van der Waals surface area contributed by atoms with E-state index in [4.69, 9.17) is 10.5 Å². The molecule has 9 heteroatoms. The van der Waals surface area contributed by atoms with Crippen LogP contribution in [-0.4, -0.2) is 45.1 Å². The Morgan fingerprint density at radius 1 is 1.45 bits per heavy atom. The van der Waals surface area contributed by atoms with Crippen LogP contribution in [0.2, 0.25) is 0 Å². The molecule has 1 aromatic rings. The van der Waals surface area contributed by atoms with Gasteiger partial charge in [-0.25, -0.2) is 4.79 Å². The van der Waals surface area contributed by atoms with E-state index < -0.39 is 23.6 Å². The summed E-state index contributed by atoms with van der Waals surface area (Å²) in [5.74, 6) is -0.638. The zero-order chi connectivity index (χ0) is 16.7. The molecule has 0 aliphatic carbocycles. The van der Waals surface area contributed by atoms with Crippen LogP contribution in [0.3, 0.4) is 0 Å². The standard InChI is InChI=1S/C13H17IN4O4/c1-13(2,3)22-12(21)17-4-7(6-19)18-8(5-17)9(11(15)20)10(14)16-18/h6-7H,4-5H2,1-3H3,(H2,15,20). The topological polar surface area (TPSA) is 108 Å². The number of nitrogens with two attached hydrogens (primary N) is 1. The maximum absolute atomic E-state index is 12.2. The van der Waals surface area contributed by atoms with E-state index in [-0.39, 0.29) is 18.7 Å². The number of nitrogens with zero attached hydrogens (tertiary/aromatic N) is 3. The fraction of sp³-hybridized carbons (Fsp3) is 0.538. The number of amides is 2. The molecule has 1 unspecified atom stereocenters. The minimum Gasteiger partial charge on any atom is -0.444 e. The van der Waals surface area contributed by atoms with Gasteiger partial charge in [0, 0.05) is 0 Å². The molecule has 120 valence electrons. The number of carbonyl (C=O) groups is 3. The highest BCUT2D eigenvalue weighted by Crippen LogP contribution is 2.27. The van der Waals surface area contributed by atoms with E-state index in [1.807, 2.05) is 22.6 Å². The molecule has 1 aliphatic rings. The monoisotopic (exact) mass is 420 g/mol. The summed E-state index contributed by atoms with van der Waals surface area (Å²) in [7, 11) is 0. The van der Waals surface area contributed by atoms with E-state index >= 15 is 0 Å². The largest absolute Gasteiger partial charge is 0.444 e. The molecule has 2 amide bonds. The highest BCUT2D eigenvalue weighted by molar-refractivity contribution is 14.1. The maximum atomic E-state index is 12.2. The first-order valence-corrected chi connectivity index (χ1v) is 7.72. The second-order valence-corrected chi connectivity index (χ2v) is 7.01. The highest BCUT2D eigenvalue weighted by atomic mass is 127. The van der Waals surface area contributed by atoms with Crippen molar-refractivity contribution in [2.24, 2.45) is 5.73 Å². The molecule has 0 fully saturated rings. The van der Waals surface area contributed by atoms with Crippen molar-refractivity contribution in [3.8, 4) is 0 Å². The number of fused-ring (bicyclic) bond motifs is 1. The third kappa shape index (κ3) is 3.23. The van der Waals surface area contributed by atoms with Gasteiger partial charge in [-0.3, -0.25) is 14.4 Å². The first-order chi connectivity index (χ1) is 10.1. The molecule has 0 spiro atoms. The molecule has 0 bridgehead atoms. The van der Waals surface area contributed by atoms with Crippen LogP contribution in [0, 0.1) is 3.70 Å². The molecule has 1 aliphatic heterocycles. The zero-order valence-electron chi connectivity index (χ0n) is 12.5. The number of hydrogen-bond acceptors (Lipinski definition) is 5. The number of rotatable bonds is 2. The summed E-state index contributed by atoms with van der Waals surface area (Å²) in [5.41, 5.74) is 5.41. The summed E-state index contributed by atoms with van der Waals surface area (Å²) in [5, 5.41) is 4.19. The lowest BCUT2D eigenvalue weighted by molar-refractivity contribution is -0.111. The van der Waals surface area contributed by atoms with Gasteiger partial charge in [-0.05, 0) is 43.4 Å². The molecular weight excluding hydrogens is 403 g/mol. The predicted octanol–water partition coefficient (Wildman–Crippen LogP) is 1.08. The molecule has 1 atom stereocenters. The third-order valence-corrected chi connectivity index (χ3v) is 3.84. The fourth-order valence-corrected chi connectivity index (χ4v) is 3.03. The summed E-state index contributed by atoms with van der Waals surface area (Å²) >= 11 is 1.89. The zero-order valence-corrected chi connectivity index (χ0v) is 14.7. The second kappa shape index (κ2) is 5.86. The molecule has 0 aromatic carbocycles. The van der Waals surface area contributed by atoms with Gasteiger partial charge in [-0.15, -0.1) is 0 Å². The van der Waals surface area contributed by atoms with Gasteiger partial charge in [0.1, 0.15) is 21.6 Å². The first kappa shape index (κ1) is 16.7. The summed E-state index contributed by atoms with van der Waals surface area (Å²) in [6.45, 7) is 5.53. The van der Waals surface area contributed by atoms with Crippen molar-refractivity contribution in [3.05, 3.63) is 15.0 Å². The lowest BCUT2D eigenvalue weighted by Gasteiger charge is -2.33. The van der Waals surface area contributed by atoms with Gasteiger partial charge in [0.05, 0.1) is 24.3 Å². The molecular formula is C13H17IN4O4. The van der Waals surface area contributed by atoms with Crippen LogP contribution in [0.1, 0.15) is 42.9 Å². The number of primary amides is 1. The molecule has 8 nitrogen and oxygen atoms in total. The van der Waals surface area contributed by atoms with Gasteiger partial charge in [-0.2, -0.15) is 5.10 Å². The Bertz CT molecular complexity index is 635. The predicted molar refractivity (Wildman–Crippen MR) is 85.2 cm³/mol. The minimum atomic E-state index is -0.669.